The molecule has 0 aliphatic heterocycles. The zero-order chi connectivity index (χ0) is 20.4. The maximum Gasteiger partial charge on any atom is 0.323 e. The molecular formula is C25H22N2O3. The van der Waals surface area contributed by atoms with Crippen molar-refractivity contribution < 1.29 is 14.2 Å². The molecule has 0 unspecified atom stereocenters. The van der Waals surface area contributed by atoms with Gasteiger partial charge in [0.2, 0.25) is 11.8 Å². The molecule has 0 N–H and O–H groups in total. The van der Waals surface area contributed by atoms with Crippen LogP contribution in [0, 0.1) is 0 Å². The molecule has 30 heavy (non-hydrogen) atoms. The number of aromatic nitrogens is 2. The lowest BCUT2D eigenvalue weighted by atomic mass is 10.2. The second kappa shape index (κ2) is 10.1. The van der Waals surface area contributed by atoms with E-state index in [0.29, 0.717) is 31.6 Å². The average molecular weight is 398 g/mol. The lowest BCUT2D eigenvalue weighted by Crippen LogP contribution is -2.05. The number of nitrogens with zero attached hydrogens (tertiary/aromatic N) is 2. The molecule has 0 amide bonds. The molecule has 1 aromatic heterocycles. The predicted molar refractivity (Wildman–Crippen MR) is 114 cm³/mol. The van der Waals surface area contributed by atoms with Crippen LogP contribution in [-0.2, 0) is 19.8 Å². The molecule has 5 heteroatoms. The molecule has 0 saturated carbocycles. The van der Waals surface area contributed by atoms with E-state index in [9.17, 15) is 0 Å². The maximum absolute atomic E-state index is 5.87. The van der Waals surface area contributed by atoms with Gasteiger partial charge in [-0.1, -0.05) is 91.0 Å². The Morgan fingerprint density at radius 2 is 0.833 bits per heavy atom. The summed E-state index contributed by atoms with van der Waals surface area (Å²) in [5.74, 6) is 0.806. The lowest BCUT2D eigenvalue weighted by molar-refractivity contribution is 0.240. The fourth-order valence-corrected chi connectivity index (χ4v) is 2.78. The van der Waals surface area contributed by atoms with E-state index in [4.69, 9.17) is 14.2 Å². The number of ether oxygens (including phenoxy) is 3. The minimum atomic E-state index is 0.215. The van der Waals surface area contributed by atoms with E-state index in [-0.39, 0.29) is 6.01 Å². The van der Waals surface area contributed by atoms with Crippen LogP contribution < -0.4 is 14.2 Å². The van der Waals surface area contributed by atoms with Crippen molar-refractivity contribution in [3.63, 3.8) is 0 Å². The van der Waals surface area contributed by atoms with Crippen molar-refractivity contribution in [3.05, 3.63) is 114 Å². The van der Waals surface area contributed by atoms with Gasteiger partial charge < -0.3 is 14.2 Å². The predicted octanol–water partition coefficient (Wildman–Crippen LogP) is 5.21. The van der Waals surface area contributed by atoms with Crippen molar-refractivity contribution in [2.75, 3.05) is 0 Å². The average Bonchev–Trinajstić information content (AvgIpc) is 2.82. The largest absolute Gasteiger partial charge is 0.473 e. The van der Waals surface area contributed by atoms with Crippen LogP contribution in [0.25, 0.3) is 0 Å². The van der Waals surface area contributed by atoms with E-state index in [1.54, 1.807) is 6.07 Å². The fraction of sp³-hybridized carbons (Fsp3) is 0.120. The first-order valence-electron chi connectivity index (χ1n) is 9.74. The lowest BCUT2D eigenvalue weighted by Gasteiger charge is -2.11. The van der Waals surface area contributed by atoms with Crippen LogP contribution in [-0.4, -0.2) is 9.97 Å². The van der Waals surface area contributed by atoms with Crippen molar-refractivity contribution in [2.24, 2.45) is 0 Å². The van der Waals surface area contributed by atoms with E-state index in [1.807, 2.05) is 91.0 Å². The molecule has 4 rings (SSSR count). The highest BCUT2D eigenvalue weighted by molar-refractivity contribution is 5.25. The molecule has 0 saturated heterocycles. The smallest absolute Gasteiger partial charge is 0.323 e. The van der Waals surface area contributed by atoms with Crippen molar-refractivity contribution in [3.8, 4) is 17.8 Å². The van der Waals surface area contributed by atoms with E-state index >= 15 is 0 Å². The number of hydrogen-bond acceptors (Lipinski definition) is 5. The molecule has 0 aliphatic carbocycles. The van der Waals surface area contributed by atoms with Gasteiger partial charge in [-0.25, -0.2) is 0 Å². The highest BCUT2D eigenvalue weighted by Crippen LogP contribution is 2.22. The molecule has 0 aliphatic rings. The monoisotopic (exact) mass is 398 g/mol. The third-order valence-electron chi connectivity index (χ3n) is 4.33. The van der Waals surface area contributed by atoms with E-state index in [2.05, 4.69) is 9.97 Å². The molecule has 0 fully saturated rings. The number of benzene rings is 3. The Balaban J connectivity index is 1.48. The third-order valence-corrected chi connectivity index (χ3v) is 4.33. The Labute approximate surface area is 175 Å². The van der Waals surface area contributed by atoms with Crippen LogP contribution in [0.1, 0.15) is 16.7 Å². The quantitative estimate of drug-likeness (QED) is 0.387. The van der Waals surface area contributed by atoms with Gasteiger partial charge in [-0.3, -0.25) is 0 Å². The highest BCUT2D eigenvalue weighted by atomic mass is 16.5. The van der Waals surface area contributed by atoms with Crippen LogP contribution in [0.5, 0.6) is 17.8 Å². The summed E-state index contributed by atoms with van der Waals surface area (Å²) in [5.41, 5.74) is 3.13. The minimum Gasteiger partial charge on any atom is -0.473 e. The summed E-state index contributed by atoms with van der Waals surface area (Å²) in [6.07, 6.45) is 0. The summed E-state index contributed by atoms with van der Waals surface area (Å²) < 4.78 is 17.5. The molecule has 0 spiro atoms. The third kappa shape index (κ3) is 5.82. The Bertz CT molecular complexity index is 893. The van der Waals surface area contributed by atoms with Gasteiger partial charge in [0.15, 0.2) is 0 Å². The summed E-state index contributed by atoms with van der Waals surface area (Å²) in [6.45, 7) is 1.16. The van der Waals surface area contributed by atoms with Gasteiger partial charge in [-0.2, -0.15) is 9.97 Å². The van der Waals surface area contributed by atoms with Gasteiger partial charge in [0.25, 0.3) is 0 Å². The molecule has 1 heterocycles. The standard InChI is InChI=1S/C25H22N2O3/c1-4-10-20(11-5-1)17-28-23-16-24(29-18-21-12-6-2-7-13-21)27-25(26-23)30-19-22-14-8-3-9-15-22/h1-16H,17-19H2. The molecule has 3 aromatic carbocycles. The summed E-state index contributed by atoms with van der Waals surface area (Å²) in [5, 5.41) is 0. The SMILES string of the molecule is c1ccc(COc2cc(OCc3ccccc3)nc(OCc3ccccc3)n2)cc1. The summed E-state index contributed by atoms with van der Waals surface area (Å²) in [4.78, 5) is 8.77. The van der Waals surface area contributed by atoms with Crippen molar-refractivity contribution in [1.82, 2.24) is 9.97 Å². The van der Waals surface area contributed by atoms with Gasteiger partial charge in [-0.05, 0) is 16.7 Å². The molecule has 0 bridgehead atoms. The summed E-state index contributed by atoms with van der Waals surface area (Å²) >= 11 is 0. The Kier molecular flexibility index (Phi) is 6.53. The first-order valence-corrected chi connectivity index (χ1v) is 9.74. The first-order chi connectivity index (χ1) is 14.8. The van der Waals surface area contributed by atoms with Crippen LogP contribution in [0.15, 0.2) is 97.1 Å². The normalized spacial score (nSPS) is 10.4. The van der Waals surface area contributed by atoms with Gasteiger partial charge in [0.05, 0.1) is 6.07 Å². The molecule has 0 radical (unpaired) electrons. The highest BCUT2D eigenvalue weighted by Gasteiger charge is 2.09. The van der Waals surface area contributed by atoms with Gasteiger partial charge >= 0.3 is 6.01 Å². The molecule has 150 valence electrons. The molecule has 0 atom stereocenters. The topological polar surface area (TPSA) is 53.5 Å². The van der Waals surface area contributed by atoms with Gasteiger partial charge in [0.1, 0.15) is 19.8 Å². The number of rotatable bonds is 9. The first kappa shape index (κ1) is 19.5. The molecule has 4 aromatic rings. The Morgan fingerprint density at radius 3 is 1.23 bits per heavy atom. The van der Waals surface area contributed by atoms with Crippen LogP contribution >= 0.6 is 0 Å². The molecule has 5 nitrogen and oxygen atoms in total. The van der Waals surface area contributed by atoms with E-state index in [1.165, 1.54) is 0 Å². The van der Waals surface area contributed by atoms with Crippen molar-refractivity contribution in [2.45, 2.75) is 19.8 Å². The van der Waals surface area contributed by atoms with Gasteiger partial charge in [-0.15, -0.1) is 0 Å². The van der Waals surface area contributed by atoms with E-state index < -0.39 is 0 Å². The van der Waals surface area contributed by atoms with Crippen molar-refractivity contribution >= 4 is 0 Å². The second-order valence-electron chi connectivity index (χ2n) is 6.65. The zero-order valence-electron chi connectivity index (χ0n) is 16.5. The second-order valence-corrected chi connectivity index (χ2v) is 6.65. The Morgan fingerprint density at radius 1 is 0.467 bits per heavy atom. The van der Waals surface area contributed by atoms with Crippen LogP contribution in [0.2, 0.25) is 0 Å². The van der Waals surface area contributed by atoms with Crippen molar-refractivity contribution in [1.29, 1.82) is 0 Å². The molecular weight excluding hydrogens is 376 g/mol. The summed E-state index contributed by atoms with van der Waals surface area (Å²) in [6, 6.07) is 31.6. The van der Waals surface area contributed by atoms with Crippen LogP contribution in [0.4, 0.5) is 0 Å². The zero-order valence-corrected chi connectivity index (χ0v) is 16.5. The Hall–Kier alpha value is -3.86. The fourth-order valence-electron chi connectivity index (χ4n) is 2.78. The maximum atomic E-state index is 5.87. The summed E-state index contributed by atoms with van der Waals surface area (Å²) in [7, 11) is 0. The minimum absolute atomic E-state index is 0.215. The van der Waals surface area contributed by atoms with E-state index in [0.717, 1.165) is 16.7 Å². The van der Waals surface area contributed by atoms with Gasteiger partial charge in [0, 0.05) is 0 Å². The number of hydrogen-bond donors (Lipinski definition) is 0. The van der Waals surface area contributed by atoms with Crippen LogP contribution in [0.3, 0.4) is 0 Å².